The zero-order valence-electron chi connectivity index (χ0n) is 8.43. The zero-order chi connectivity index (χ0) is 11.7. The molecular formula is C12H10O4. The fourth-order valence-corrected chi connectivity index (χ4v) is 1.79. The van der Waals surface area contributed by atoms with Gasteiger partial charge in [-0.25, -0.2) is 9.59 Å². The number of carboxylic acids is 2. The fraction of sp³-hybridized carbons (Fsp3) is 0.167. The van der Waals surface area contributed by atoms with Gasteiger partial charge in [-0.1, -0.05) is 6.07 Å². The molecule has 0 unspecified atom stereocenters. The van der Waals surface area contributed by atoms with Crippen LogP contribution < -0.4 is 0 Å². The molecule has 0 saturated heterocycles. The van der Waals surface area contributed by atoms with Crippen molar-refractivity contribution in [2.75, 3.05) is 0 Å². The maximum absolute atomic E-state index is 10.8. The Morgan fingerprint density at radius 2 is 1.81 bits per heavy atom. The van der Waals surface area contributed by atoms with E-state index in [0.29, 0.717) is 18.4 Å². The van der Waals surface area contributed by atoms with Crippen molar-refractivity contribution in [2.45, 2.75) is 12.8 Å². The molecule has 4 nitrogen and oxygen atoms in total. The molecule has 1 aliphatic rings. The van der Waals surface area contributed by atoms with Crippen LogP contribution in [0, 0.1) is 0 Å². The third-order valence-corrected chi connectivity index (χ3v) is 2.66. The average molecular weight is 218 g/mol. The summed E-state index contributed by atoms with van der Waals surface area (Å²) < 4.78 is 0. The molecule has 2 rings (SSSR count). The van der Waals surface area contributed by atoms with E-state index in [1.165, 1.54) is 6.07 Å². The van der Waals surface area contributed by atoms with E-state index < -0.39 is 11.9 Å². The monoisotopic (exact) mass is 218 g/mol. The third kappa shape index (κ3) is 1.82. The molecule has 0 spiro atoms. The van der Waals surface area contributed by atoms with Gasteiger partial charge in [-0.3, -0.25) is 0 Å². The van der Waals surface area contributed by atoms with E-state index in [0.717, 1.165) is 11.1 Å². The Labute approximate surface area is 91.8 Å². The Hall–Kier alpha value is -2.10. The number of benzene rings is 1. The highest BCUT2D eigenvalue weighted by Crippen LogP contribution is 2.25. The first-order chi connectivity index (χ1) is 7.58. The molecule has 0 atom stereocenters. The number of hydrogen-bond donors (Lipinski definition) is 2. The summed E-state index contributed by atoms with van der Waals surface area (Å²) in [5.41, 5.74) is 2.31. The number of fused-ring (bicyclic) bond motifs is 1. The maximum Gasteiger partial charge on any atom is 0.335 e. The largest absolute Gasteiger partial charge is 0.478 e. The highest BCUT2D eigenvalue weighted by atomic mass is 16.4. The van der Waals surface area contributed by atoms with E-state index in [1.807, 2.05) is 0 Å². The molecule has 0 bridgehead atoms. The van der Waals surface area contributed by atoms with E-state index in [-0.39, 0.29) is 5.56 Å². The summed E-state index contributed by atoms with van der Waals surface area (Å²) in [5, 5.41) is 17.7. The van der Waals surface area contributed by atoms with E-state index >= 15 is 0 Å². The molecule has 1 aromatic carbocycles. The quantitative estimate of drug-likeness (QED) is 0.793. The minimum atomic E-state index is -0.962. The van der Waals surface area contributed by atoms with Crippen molar-refractivity contribution in [2.24, 2.45) is 0 Å². The molecule has 0 aliphatic heterocycles. The second-order valence-corrected chi connectivity index (χ2v) is 3.69. The summed E-state index contributed by atoms with van der Waals surface area (Å²) in [7, 11) is 0. The minimum absolute atomic E-state index is 0.242. The van der Waals surface area contributed by atoms with Gasteiger partial charge in [-0.15, -0.1) is 0 Å². The molecule has 0 fully saturated rings. The van der Waals surface area contributed by atoms with Crippen molar-refractivity contribution in [3.8, 4) is 0 Å². The highest BCUT2D eigenvalue weighted by molar-refractivity contribution is 5.94. The van der Waals surface area contributed by atoms with Crippen molar-refractivity contribution in [3.63, 3.8) is 0 Å². The molecule has 4 heteroatoms. The summed E-state index contributed by atoms with van der Waals surface area (Å²) in [6.07, 6.45) is 2.63. The molecule has 16 heavy (non-hydrogen) atoms. The second-order valence-electron chi connectivity index (χ2n) is 3.69. The van der Waals surface area contributed by atoms with Gasteiger partial charge in [0.05, 0.1) is 5.56 Å². The number of aliphatic carboxylic acids is 1. The average Bonchev–Trinajstić information content (AvgIpc) is 2.27. The van der Waals surface area contributed by atoms with Crippen LogP contribution in [-0.2, 0) is 11.2 Å². The van der Waals surface area contributed by atoms with E-state index in [9.17, 15) is 9.59 Å². The molecule has 82 valence electrons. The van der Waals surface area contributed by atoms with Crippen LogP contribution in [0.25, 0.3) is 6.08 Å². The number of aryl methyl sites for hydroxylation is 1. The van der Waals surface area contributed by atoms with Gasteiger partial charge in [0.1, 0.15) is 0 Å². The molecular weight excluding hydrogens is 208 g/mol. The number of carboxylic acid groups (broad SMARTS) is 2. The Bertz CT molecular complexity index is 500. The fourth-order valence-electron chi connectivity index (χ4n) is 1.79. The van der Waals surface area contributed by atoms with E-state index in [2.05, 4.69) is 0 Å². The van der Waals surface area contributed by atoms with Gasteiger partial charge < -0.3 is 10.2 Å². The predicted octanol–water partition coefficient (Wildman–Crippen LogP) is 1.80. The standard InChI is InChI=1S/C12H10O4/c13-11(14)9-3-1-7-5-10(12(15)16)4-2-8(7)6-9/h1,3,5-6H,2,4H2,(H,13,14)(H,15,16). The number of carbonyl (C=O) groups is 2. The van der Waals surface area contributed by atoms with Gasteiger partial charge in [0.25, 0.3) is 0 Å². The first-order valence-corrected chi connectivity index (χ1v) is 4.88. The lowest BCUT2D eigenvalue weighted by Gasteiger charge is -2.14. The number of rotatable bonds is 2. The van der Waals surface area contributed by atoms with Gasteiger partial charge in [0, 0.05) is 5.57 Å². The van der Waals surface area contributed by atoms with Gasteiger partial charge >= 0.3 is 11.9 Å². The van der Waals surface area contributed by atoms with Crippen LogP contribution in [-0.4, -0.2) is 22.2 Å². The smallest absolute Gasteiger partial charge is 0.335 e. The van der Waals surface area contributed by atoms with Crippen LogP contribution in [0.4, 0.5) is 0 Å². The predicted molar refractivity (Wildman–Crippen MR) is 57.3 cm³/mol. The van der Waals surface area contributed by atoms with Crippen LogP contribution in [0.5, 0.6) is 0 Å². The number of hydrogen-bond acceptors (Lipinski definition) is 2. The first kappa shape index (κ1) is 10.4. The molecule has 0 amide bonds. The lowest BCUT2D eigenvalue weighted by Crippen LogP contribution is -2.08. The zero-order valence-corrected chi connectivity index (χ0v) is 8.43. The topological polar surface area (TPSA) is 74.6 Å². The van der Waals surface area contributed by atoms with Gasteiger partial charge in [0.2, 0.25) is 0 Å². The normalized spacial score (nSPS) is 13.9. The summed E-state index contributed by atoms with van der Waals surface area (Å²) in [6, 6.07) is 4.75. The Morgan fingerprint density at radius 3 is 2.44 bits per heavy atom. The maximum atomic E-state index is 10.8. The molecule has 1 aromatic rings. The van der Waals surface area contributed by atoms with Crippen molar-refractivity contribution in [1.29, 1.82) is 0 Å². The van der Waals surface area contributed by atoms with Crippen molar-refractivity contribution in [3.05, 3.63) is 40.5 Å². The van der Waals surface area contributed by atoms with Crippen LogP contribution in [0.1, 0.15) is 27.9 Å². The summed E-state index contributed by atoms with van der Waals surface area (Å²) in [4.78, 5) is 21.5. The molecule has 0 heterocycles. The van der Waals surface area contributed by atoms with Crippen molar-refractivity contribution in [1.82, 2.24) is 0 Å². The van der Waals surface area contributed by atoms with Crippen LogP contribution in [0.2, 0.25) is 0 Å². The first-order valence-electron chi connectivity index (χ1n) is 4.88. The Kier molecular flexibility index (Phi) is 2.48. The molecule has 0 radical (unpaired) electrons. The third-order valence-electron chi connectivity index (χ3n) is 2.66. The lowest BCUT2D eigenvalue weighted by molar-refractivity contribution is -0.132. The Balaban J connectivity index is 2.43. The Morgan fingerprint density at radius 1 is 1.06 bits per heavy atom. The molecule has 1 aliphatic carbocycles. The van der Waals surface area contributed by atoms with Gasteiger partial charge in [-0.05, 0) is 42.2 Å². The molecule has 2 N–H and O–H groups in total. The second kappa shape index (κ2) is 3.81. The van der Waals surface area contributed by atoms with Crippen LogP contribution >= 0.6 is 0 Å². The van der Waals surface area contributed by atoms with Crippen LogP contribution in [0.3, 0.4) is 0 Å². The van der Waals surface area contributed by atoms with E-state index in [1.54, 1.807) is 18.2 Å². The van der Waals surface area contributed by atoms with Gasteiger partial charge in [-0.2, -0.15) is 0 Å². The molecule has 0 saturated carbocycles. The highest BCUT2D eigenvalue weighted by Gasteiger charge is 2.16. The summed E-state index contributed by atoms with van der Waals surface area (Å²) in [6.45, 7) is 0. The SMILES string of the molecule is O=C(O)C1=Cc2ccc(C(=O)O)cc2CC1. The number of aromatic carboxylic acids is 1. The van der Waals surface area contributed by atoms with Gasteiger partial charge in [0.15, 0.2) is 0 Å². The summed E-state index contributed by atoms with van der Waals surface area (Å²) >= 11 is 0. The minimum Gasteiger partial charge on any atom is -0.478 e. The summed E-state index contributed by atoms with van der Waals surface area (Å²) in [5.74, 6) is -1.87. The van der Waals surface area contributed by atoms with Crippen LogP contribution in [0.15, 0.2) is 23.8 Å². The molecule has 0 aromatic heterocycles. The lowest BCUT2D eigenvalue weighted by atomic mass is 9.91. The van der Waals surface area contributed by atoms with Crippen molar-refractivity contribution >= 4 is 18.0 Å². The van der Waals surface area contributed by atoms with E-state index in [4.69, 9.17) is 10.2 Å². The van der Waals surface area contributed by atoms with Crippen molar-refractivity contribution < 1.29 is 19.8 Å².